The molecule has 2 aromatic rings. The fourth-order valence-electron chi connectivity index (χ4n) is 3.87. The van der Waals surface area contributed by atoms with E-state index < -0.39 is 30.2 Å². The first-order valence-corrected chi connectivity index (χ1v) is 13.8. The Morgan fingerprint density at radius 1 is 1.10 bits per heavy atom. The van der Waals surface area contributed by atoms with Crippen LogP contribution in [0.2, 0.25) is 0 Å². The molecular formula is C28H33BrN4O9. The van der Waals surface area contributed by atoms with Gasteiger partial charge in [-0.05, 0) is 78.2 Å². The number of amides is 2. The second kappa shape index (κ2) is 15.6. The zero-order valence-corrected chi connectivity index (χ0v) is 25.1. The largest absolute Gasteiger partial charge is 0.490 e. The van der Waals surface area contributed by atoms with E-state index >= 15 is 0 Å². The van der Waals surface area contributed by atoms with Gasteiger partial charge < -0.3 is 39.4 Å². The van der Waals surface area contributed by atoms with E-state index in [0.29, 0.717) is 45.2 Å². The summed E-state index contributed by atoms with van der Waals surface area (Å²) in [5.41, 5.74) is 4.49. The van der Waals surface area contributed by atoms with E-state index in [1.54, 1.807) is 57.2 Å². The van der Waals surface area contributed by atoms with Gasteiger partial charge in [0, 0.05) is 5.70 Å². The molecule has 1 aliphatic heterocycles. The predicted molar refractivity (Wildman–Crippen MR) is 155 cm³/mol. The van der Waals surface area contributed by atoms with Crippen LogP contribution < -0.4 is 30.3 Å². The summed E-state index contributed by atoms with van der Waals surface area (Å²) in [6.07, 6.45) is 0.330. The van der Waals surface area contributed by atoms with Crippen molar-refractivity contribution in [1.82, 2.24) is 16.1 Å². The average molecular weight is 649 g/mol. The van der Waals surface area contributed by atoms with Crippen LogP contribution in [0.5, 0.6) is 17.2 Å². The number of carbonyl (C=O) groups excluding carboxylic acids is 3. The Hall–Kier alpha value is -4.30. The van der Waals surface area contributed by atoms with E-state index in [2.05, 4.69) is 37.1 Å². The molecule has 3 rings (SSSR count). The molecule has 0 saturated carbocycles. The second-order valence-corrected chi connectivity index (χ2v) is 9.55. The molecule has 0 bridgehead atoms. The number of hydrogen-bond acceptors (Lipinski definition) is 11. The number of aliphatic hydroxyl groups excluding tert-OH is 1. The van der Waals surface area contributed by atoms with Crippen molar-refractivity contribution in [2.24, 2.45) is 5.10 Å². The zero-order valence-electron chi connectivity index (χ0n) is 23.6. The number of carbonyl (C=O) groups is 3. The number of nitrogens with zero attached hydrogens (tertiary/aromatic N) is 1. The molecule has 1 heterocycles. The van der Waals surface area contributed by atoms with E-state index in [9.17, 15) is 19.5 Å². The number of methoxy groups -OCH3 is 1. The summed E-state index contributed by atoms with van der Waals surface area (Å²) in [7, 11) is 1.27. The molecule has 1 aliphatic rings. The molecule has 0 saturated heterocycles. The van der Waals surface area contributed by atoms with Crippen LogP contribution in [0.1, 0.15) is 37.9 Å². The molecule has 0 aliphatic carbocycles. The minimum absolute atomic E-state index is 0.169. The van der Waals surface area contributed by atoms with Crippen molar-refractivity contribution in [3.63, 3.8) is 0 Å². The number of rotatable bonds is 14. The first-order chi connectivity index (χ1) is 20.2. The third-order valence-electron chi connectivity index (χ3n) is 5.72. The lowest BCUT2D eigenvalue weighted by Gasteiger charge is -2.28. The molecule has 2 atom stereocenters. The maximum absolute atomic E-state index is 12.4. The number of esters is 2. The SMILES string of the molecule is CCOC(=O)COc1ccc(/C=N\N[C@H](O)COc2ccc([C@H]3NC(=O)NC(C)=C3C(=O)OC)cc2OCC)cc1Br. The van der Waals surface area contributed by atoms with E-state index in [1.165, 1.54) is 13.3 Å². The number of hydrazone groups is 1. The average Bonchev–Trinajstić information content (AvgIpc) is 2.95. The van der Waals surface area contributed by atoms with Crippen LogP contribution in [0.3, 0.4) is 0 Å². The molecular weight excluding hydrogens is 616 g/mol. The number of halogens is 1. The lowest BCUT2D eigenvalue weighted by molar-refractivity contribution is -0.145. The van der Waals surface area contributed by atoms with Crippen molar-refractivity contribution < 1.29 is 43.2 Å². The standard InChI is InChI=1S/C28H33BrN4O9/c1-5-39-22-12-18(26-25(27(36)38-4)16(3)31-28(37)32-26)8-10-21(22)41-14-23(34)33-30-13-17-7-9-20(19(29)11-17)42-15-24(35)40-6-2/h7-13,23,26,33-34H,5-6,14-15H2,1-4H3,(H2,31,32,37)/b30-13-/t23-,26-/m1/s1. The Labute approximate surface area is 251 Å². The van der Waals surface area contributed by atoms with Crippen LogP contribution >= 0.6 is 15.9 Å². The number of benzene rings is 2. The highest BCUT2D eigenvalue weighted by molar-refractivity contribution is 9.10. The van der Waals surface area contributed by atoms with Gasteiger partial charge >= 0.3 is 18.0 Å². The van der Waals surface area contributed by atoms with Gasteiger partial charge in [-0.3, -0.25) is 5.43 Å². The van der Waals surface area contributed by atoms with Crippen LogP contribution in [-0.4, -0.2) is 69.1 Å². The van der Waals surface area contributed by atoms with Crippen molar-refractivity contribution in [1.29, 1.82) is 0 Å². The summed E-state index contributed by atoms with van der Waals surface area (Å²) in [4.78, 5) is 36.0. The Morgan fingerprint density at radius 2 is 1.86 bits per heavy atom. The molecule has 2 aromatic carbocycles. The van der Waals surface area contributed by atoms with E-state index in [1.807, 2.05) is 0 Å². The first-order valence-electron chi connectivity index (χ1n) is 13.0. The monoisotopic (exact) mass is 648 g/mol. The van der Waals surface area contributed by atoms with Crippen LogP contribution in [0.25, 0.3) is 0 Å². The minimum Gasteiger partial charge on any atom is -0.490 e. The molecule has 13 nitrogen and oxygen atoms in total. The molecule has 14 heteroatoms. The van der Waals surface area contributed by atoms with Gasteiger partial charge in [-0.15, -0.1) is 0 Å². The predicted octanol–water partition coefficient (Wildman–Crippen LogP) is 2.91. The number of hydrogen-bond donors (Lipinski definition) is 4. The topological polar surface area (TPSA) is 166 Å². The van der Waals surface area contributed by atoms with Crippen molar-refractivity contribution in [3.05, 3.63) is 63.3 Å². The molecule has 0 spiro atoms. The second-order valence-electron chi connectivity index (χ2n) is 8.70. The van der Waals surface area contributed by atoms with Gasteiger partial charge in [0.25, 0.3) is 0 Å². The highest BCUT2D eigenvalue weighted by Gasteiger charge is 2.32. The molecule has 0 fully saturated rings. The maximum Gasteiger partial charge on any atom is 0.344 e. The van der Waals surface area contributed by atoms with E-state index in [-0.39, 0.29) is 25.4 Å². The molecule has 0 aromatic heterocycles. The van der Waals surface area contributed by atoms with Crippen LogP contribution in [-0.2, 0) is 19.1 Å². The third kappa shape index (κ3) is 8.85. The fourth-order valence-corrected chi connectivity index (χ4v) is 4.38. The number of allylic oxidation sites excluding steroid dienone is 1. The first kappa shape index (κ1) is 32.2. The van der Waals surface area contributed by atoms with Crippen molar-refractivity contribution in [2.75, 3.05) is 33.5 Å². The summed E-state index contributed by atoms with van der Waals surface area (Å²) in [6, 6.07) is 8.87. The summed E-state index contributed by atoms with van der Waals surface area (Å²) >= 11 is 3.39. The van der Waals surface area contributed by atoms with Crippen LogP contribution in [0.4, 0.5) is 4.79 Å². The minimum atomic E-state index is -1.16. The lowest BCUT2D eigenvalue weighted by Crippen LogP contribution is -2.45. The Morgan fingerprint density at radius 3 is 2.55 bits per heavy atom. The molecule has 0 radical (unpaired) electrons. The number of nitrogens with one attached hydrogen (secondary N) is 3. The van der Waals surface area contributed by atoms with Gasteiger partial charge in [0.1, 0.15) is 12.4 Å². The molecule has 4 N–H and O–H groups in total. The van der Waals surface area contributed by atoms with E-state index in [4.69, 9.17) is 23.7 Å². The summed E-state index contributed by atoms with van der Waals surface area (Å²) in [5.74, 6) is 0.121. The van der Waals surface area contributed by atoms with Crippen molar-refractivity contribution in [3.8, 4) is 17.2 Å². The van der Waals surface area contributed by atoms with Crippen LogP contribution in [0.15, 0.2) is 57.2 Å². The number of aliphatic hydroxyl groups is 1. The van der Waals surface area contributed by atoms with Gasteiger partial charge in [0.15, 0.2) is 24.3 Å². The highest BCUT2D eigenvalue weighted by Crippen LogP contribution is 2.35. The molecule has 2 amide bonds. The quantitative estimate of drug-likeness (QED) is 0.104. The van der Waals surface area contributed by atoms with E-state index in [0.717, 1.165) is 0 Å². The van der Waals surface area contributed by atoms with Gasteiger partial charge in [-0.1, -0.05) is 6.07 Å². The number of urea groups is 1. The summed E-state index contributed by atoms with van der Waals surface area (Å²) in [5, 5.41) is 19.7. The van der Waals surface area contributed by atoms with Crippen molar-refractivity contribution in [2.45, 2.75) is 33.0 Å². The van der Waals surface area contributed by atoms with Gasteiger partial charge in [0.05, 0.1) is 42.6 Å². The highest BCUT2D eigenvalue weighted by atomic mass is 79.9. The summed E-state index contributed by atoms with van der Waals surface area (Å²) < 4.78 is 27.3. The van der Waals surface area contributed by atoms with Gasteiger partial charge in [-0.2, -0.15) is 5.10 Å². The van der Waals surface area contributed by atoms with Crippen molar-refractivity contribution >= 4 is 40.1 Å². The molecule has 226 valence electrons. The third-order valence-corrected chi connectivity index (χ3v) is 6.34. The van der Waals surface area contributed by atoms with Gasteiger partial charge in [0.2, 0.25) is 0 Å². The Kier molecular flexibility index (Phi) is 12.0. The zero-order chi connectivity index (χ0) is 30.6. The van der Waals surface area contributed by atoms with Gasteiger partial charge in [-0.25, -0.2) is 14.4 Å². The summed E-state index contributed by atoms with van der Waals surface area (Å²) in [6.45, 7) is 5.36. The lowest BCUT2D eigenvalue weighted by atomic mass is 9.95. The fraction of sp³-hybridized carbons (Fsp3) is 0.357. The van der Waals surface area contributed by atoms with Crippen LogP contribution in [0, 0.1) is 0 Å². The Balaban J connectivity index is 1.61. The Bertz CT molecular complexity index is 1350. The molecule has 0 unspecified atom stereocenters. The maximum atomic E-state index is 12.4. The smallest absolute Gasteiger partial charge is 0.344 e. The number of ether oxygens (including phenoxy) is 5. The molecule has 42 heavy (non-hydrogen) atoms. The normalized spacial score (nSPS) is 15.4.